The quantitative estimate of drug-likeness (QED) is 0.412. The summed E-state index contributed by atoms with van der Waals surface area (Å²) in [7, 11) is 0. The van der Waals surface area contributed by atoms with E-state index >= 15 is 0 Å². The number of hydrogen-bond acceptors (Lipinski definition) is 7. The molecule has 1 aliphatic heterocycles. The van der Waals surface area contributed by atoms with Crippen LogP contribution in [0.4, 0.5) is 5.13 Å². The summed E-state index contributed by atoms with van der Waals surface area (Å²) >= 11 is 17.6. The third-order valence-electron chi connectivity index (χ3n) is 6.20. The largest absolute Gasteiger partial charge is 0.360 e. The fourth-order valence-corrected chi connectivity index (χ4v) is 6.11. The van der Waals surface area contributed by atoms with E-state index in [2.05, 4.69) is 52.5 Å². The van der Waals surface area contributed by atoms with Gasteiger partial charge < -0.3 is 9.42 Å². The summed E-state index contributed by atoms with van der Waals surface area (Å²) in [5.74, 6) is 3.26. The van der Waals surface area contributed by atoms with E-state index in [0.717, 1.165) is 42.4 Å². The van der Waals surface area contributed by atoms with Gasteiger partial charge in [-0.05, 0) is 46.5 Å². The van der Waals surface area contributed by atoms with Crippen LogP contribution in [-0.2, 0) is 0 Å². The molecule has 0 bridgehead atoms. The molecule has 6 rings (SSSR count). The van der Waals surface area contributed by atoms with Crippen LogP contribution in [0.2, 0.25) is 10.0 Å². The minimum Gasteiger partial charge on any atom is -0.360 e. The fourth-order valence-electron chi connectivity index (χ4n) is 4.48. The van der Waals surface area contributed by atoms with Gasteiger partial charge in [0.1, 0.15) is 11.5 Å². The summed E-state index contributed by atoms with van der Waals surface area (Å²) in [6, 6.07) is 0. The third-order valence-corrected chi connectivity index (χ3v) is 8.14. The molecule has 0 amide bonds. The molecule has 2 unspecified atom stereocenters. The van der Waals surface area contributed by atoms with E-state index in [1.807, 2.05) is 0 Å². The predicted molar refractivity (Wildman–Crippen MR) is 121 cm³/mol. The zero-order valence-corrected chi connectivity index (χ0v) is 19.5. The number of piperidine rings is 1. The summed E-state index contributed by atoms with van der Waals surface area (Å²) in [6.45, 7) is 2.05. The highest BCUT2D eigenvalue weighted by molar-refractivity contribution is 9.10. The van der Waals surface area contributed by atoms with Gasteiger partial charge in [0.15, 0.2) is 0 Å². The second kappa shape index (κ2) is 7.29. The minimum absolute atomic E-state index is 0.440. The van der Waals surface area contributed by atoms with Gasteiger partial charge in [-0.2, -0.15) is 9.36 Å². The number of pyridine rings is 1. The average Bonchev–Trinajstić information content (AvgIpc) is 3.49. The topological polar surface area (TPSA) is 67.9 Å². The molecule has 6 nitrogen and oxygen atoms in total. The SMILES string of the molecule is Clc1cncc(Cl)c1-c1noc(C2CC2)c1/C=C/C1C2CN(c3nc(Br)ns3)CC12. The van der Waals surface area contributed by atoms with Crippen LogP contribution < -0.4 is 4.90 Å². The van der Waals surface area contributed by atoms with Gasteiger partial charge in [0.05, 0.1) is 10.0 Å². The molecule has 4 heterocycles. The highest BCUT2D eigenvalue weighted by Gasteiger charge is 2.54. The van der Waals surface area contributed by atoms with Crippen molar-refractivity contribution in [3.8, 4) is 11.3 Å². The first-order valence-corrected chi connectivity index (χ1v) is 12.1. The maximum absolute atomic E-state index is 6.40. The summed E-state index contributed by atoms with van der Waals surface area (Å²) in [4.78, 5) is 10.8. The van der Waals surface area contributed by atoms with Crippen molar-refractivity contribution in [2.45, 2.75) is 18.8 Å². The smallest absolute Gasteiger partial charge is 0.210 e. The maximum Gasteiger partial charge on any atom is 0.210 e. The molecule has 0 aromatic carbocycles. The Balaban J connectivity index is 1.25. The third kappa shape index (κ3) is 3.28. The molecular formula is C20H16BrCl2N5OS. The van der Waals surface area contributed by atoms with E-state index in [4.69, 9.17) is 27.7 Å². The van der Waals surface area contributed by atoms with Crippen molar-refractivity contribution in [3.63, 3.8) is 0 Å². The standard InChI is InChI=1S/C20H16BrCl2N5OS/c21-19-25-20(30-27-19)28-7-12-10(13(12)8-28)3-4-11-17(26-29-18(11)9-1-2-9)16-14(22)5-24-6-15(16)23/h3-6,9-10,12-13H,1-2,7-8H2/b4-3+. The highest BCUT2D eigenvalue weighted by atomic mass is 79.9. The van der Waals surface area contributed by atoms with E-state index in [1.165, 1.54) is 11.5 Å². The maximum atomic E-state index is 6.40. The van der Waals surface area contributed by atoms with Gasteiger partial charge in [-0.3, -0.25) is 4.98 Å². The number of allylic oxidation sites excluding steroid dienone is 1. The van der Waals surface area contributed by atoms with Gasteiger partial charge in [0.2, 0.25) is 9.87 Å². The van der Waals surface area contributed by atoms with Gasteiger partial charge in [0, 0.05) is 54.1 Å². The van der Waals surface area contributed by atoms with Gasteiger partial charge in [0.25, 0.3) is 0 Å². The number of halogens is 3. The Labute approximate surface area is 195 Å². The second-order valence-corrected chi connectivity index (χ2v) is 10.3. The van der Waals surface area contributed by atoms with Crippen LogP contribution in [0.5, 0.6) is 0 Å². The van der Waals surface area contributed by atoms with E-state index in [0.29, 0.717) is 49.7 Å². The van der Waals surface area contributed by atoms with E-state index < -0.39 is 0 Å². The molecule has 2 atom stereocenters. The molecule has 2 aliphatic carbocycles. The van der Waals surface area contributed by atoms with Gasteiger partial charge in [-0.1, -0.05) is 40.5 Å². The first-order valence-electron chi connectivity index (χ1n) is 9.81. The lowest BCUT2D eigenvalue weighted by Gasteiger charge is -2.16. The summed E-state index contributed by atoms with van der Waals surface area (Å²) < 4.78 is 10.6. The number of fused-ring (bicyclic) bond motifs is 1. The molecule has 3 aliphatic rings. The van der Waals surface area contributed by atoms with Gasteiger partial charge in [-0.25, -0.2) is 0 Å². The van der Waals surface area contributed by atoms with Crippen LogP contribution in [0.15, 0.2) is 27.7 Å². The Kier molecular flexibility index (Phi) is 4.67. The molecular weight excluding hydrogens is 509 g/mol. The Bertz CT molecular complexity index is 1130. The fraction of sp³-hybridized carbons (Fsp3) is 0.400. The zero-order chi connectivity index (χ0) is 20.4. The first kappa shape index (κ1) is 19.2. The van der Waals surface area contributed by atoms with E-state index in [1.54, 1.807) is 12.4 Å². The number of nitrogens with zero attached hydrogens (tertiary/aromatic N) is 5. The van der Waals surface area contributed by atoms with Crippen molar-refractivity contribution < 1.29 is 4.52 Å². The van der Waals surface area contributed by atoms with Crippen LogP contribution in [0, 0.1) is 17.8 Å². The molecule has 0 N–H and O–H groups in total. The number of anilines is 1. The lowest BCUT2D eigenvalue weighted by atomic mass is 10.0. The number of hydrogen-bond donors (Lipinski definition) is 0. The molecule has 3 fully saturated rings. The van der Waals surface area contributed by atoms with Crippen LogP contribution in [0.3, 0.4) is 0 Å². The van der Waals surface area contributed by atoms with Crippen LogP contribution in [0.25, 0.3) is 17.3 Å². The molecule has 0 spiro atoms. The molecule has 30 heavy (non-hydrogen) atoms. The minimum atomic E-state index is 0.440. The van der Waals surface area contributed by atoms with Crippen molar-refractivity contribution in [2.75, 3.05) is 18.0 Å². The molecule has 2 saturated carbocycles. The van der Waals surface area contributed by atoms with Crippen molar-refractivity contribution in [1.29, 1.82) is 0 Å². The number of rotatable bonds is 5. The molecule has 3 aromatic heterocycles. The lowest BCUT2D eigenvalue weighted by Crippen LogP contribution is -2.23. The highest BCUT2D eigenvalue weighted by Crippen LogP contribution is 2.54. The van der Waals surface area contributed by atoms with Crippen molar-refractivity contribution in [2.24, 2.45) is 17.8 Å². The Morgan fingerprint density at radius 2 is 1.90 bits per heavy atom. The summed E-state index contributed by atoms with van der Waals surface area (Å²) in [5, 5.41) is 6.30. The lowest BCUT2D eigenvalue weighted by molar-refractivity contribution is 0.386. The normalized spacial score (nSPS) is 25.3. The Hall–Kier alpha value is -1.48. The summed E-state index contributed by atoms with van der Waals surface area (Å²) in [5.41, 5.74) is 2.40. The molecule has 1 saturated heterocycles. The molecule has 154 valence electrons. The van der Waals surface area contributed by atoms with Crippen molar-refractivity contribution >= 4 is 61.9 Å². The second-order valence-electron chi connectivity index (χ2n) is 8.08. The molecule has 3 aromatic rings. The van der Waals surface area contributed by atoms with Crippen LogP contribution >= 0.6 is 50.7 Å². The number of aromatic nitrogens is 4. The Morgan fingerprint density at radius 1 is 1.17 bits per heavy atom. The average molecular weight is 525 g/mol. The van der Waals surface area contributed by atoms with E-state index in [-0.39, 0.29) is 0 Å². The predicted octanol–water partition coefficient (Wildman–Crippen LogP) is 5.93. The van der Waals surface area contributed by atoms with Crippen LogP contribution in [-0.4, -0.2) is 32.6 Å². The Morgan fingerprint density at radius 3 is 2.53 bits per heavy atom. The van der Waals surface area contributed by atoms with Crippen molar-refractivity contribution in [1.82, 2.24) is 19.5 Å². The zero-order valence-electron chi connectivity index (χ0n) is 15.6. The summed E-state index contributed by atoms with van der Waals surface area (Å²) in [6.07, 6.45) is 9.93. The monoisotopic (exact) mass is 523 g/mol. The van der Waals surface area contributed by atoms with Gasteiger partial charge >= 0.3 is 0 Å². The van der Waals surface area contributed by atoms with Crippen molar-refractivity contribution in [3.05, 3.63) is 44.6 Å². The molecule has 10 heteroatoms. The van der Waals surface area contributed by atoms with E-state index in [9.17, 15) is 0 Å². The van der Waals surface area contributed by atoms with Gasteiger partial charge in [-0.15, -0.1) is 0 Å². The molecule has 0 radical (unpaired) electrons. The van der Waals surface area contributed by atoms with Crippen LogP contribution in [0.1, 0.15) is 30.1 Å². The first-order chi connectivity index (χ1) is 14.6.